The molecule has 0 spiro atoms. The zero-order chi connectivity index (χ0) is 24.3. The molecule has 176 valence electrons. The molecule has 0 bridgehead atoms. The van der Waals surface area contributed by atoms with Gasteiger partial charge in [0.05, 0.1) is 11.6 Å². The number of ketones is 1. The average molecular weight is 450 g/mol. The number of nitrogens with zero attached hydrogens (tertiary/aromatic N) is 1. The Morgan fingerprint density at radius 1 is 1.00 bits per heavy atom. The van der Waals surface area contributed by atoms with Crippen molar-refractivity contribution in [2.75, 3.05) is 6.54 Å². The summed E-state index contributed by atoms with van der Waals surface area (Å²) in [6, 6.07) is -1.33. The van der Waals surface area contributed by atoms with Crippen molar-refractivity contribution in [2.45, 2.75) is 65.0 Å². The van der Waals surface area contributed by atoms with Crippen LogP contribution in [0.15, 0.2) is 12.3 Å². The first-order chi connectivity index (χ1) is 15.0. The van der Waals surface area contributed by atoms with Gasteiger partial charge in [-0.1, -0.05) is 0 Å². The SMILES string of the molecule is CC(=O)[C@H](CCC(=O)O)NC(=O)N[C@@H](CCCCNC(=O)c1cnc(C)c(C)c1)C(=O)O. The highest BCUT2D eigenvalue weighted by Gasteiger charge is 2.23. The molecule has 5 N–H and O–H groups in total. The number of carbonyl (C=O) groups is 5. The second kappa shape index (κ2) is 13.0. The van der Waals surface area contributed by atoms with Crippen molar-refractivity contribution >= 4 is 29.7 Å². The van der Waals surface area contributed by atoms with Crippen molar-refractivity contribution in [3.63, 3.8) is 0 Å². The Labute approximate surface area is 186 Å². The summed E-state index contributed by atoms with van der Waals surface area (Å²) < 4.78 is 0. The van der Waals surface area contributed by atoms with Crippen molar-refractivity contribution in [1.29, 1.82) is 0 Å². The Hall–Kier alpha value is -3.50. The lowest BCUT2D eigenvalue weighted by Gasteiger charge is -2.19. The molecule has 0 unspecified atom stereocenters. The maximum absolute atomic E-state index is 12.1. The maximum atomic E-state index is 12.1. The number of aromatic nitrogens is 1. The van der Waals surface area contributed by atoms with Gasteiger partial charge in [-0.15, -0.1) is 0 Å². The third-order valence-corrected chi connectivity index (χ3v) is 4.85. The largest absolute Gasteiger partial charge is 0.481 e. The molecule has 0 saturated carbocycles. The first kappa shape index (κ1) is 26.5. The lowest BCUT2D eigenvalue weighted by atomic mass is 10.1. The average Bonchev–Trinajstić information content (AvgIpc) is 2.71. The zero-order valence-corrected chi connectivity index (χ0v) is 18.4. The monoisotopic (exact) mass is 450 g/mol. The molecule has 2 atom stereocenters. The number of carboxylic acid groups (broad SMARTS) is 2. The molecule has 1 heterocycles. The van der Waals surface area contributed by atoms with E-state index in [0.717, 1.165) is 11.3 Å². The zero-order valence-electron chi connectivity index (χ0n) is 18.4. The summed E-state index contributed by atoms with van der Waals surface area (Å²) in [7, 11) is 0. The van der Waals surface area contributed by atoms with Gasteiger partial charge in [0.15, 0.2) is 5.78 Å². The number of unbranched alkanes of at least 4 members (excludes halogenated alkanes) is 1. The fourth-order valence-electron chi connectivity index (χ4n) is 2.81. The summed E-state index contributed by atoms with van der Waals surface area (Å²) in [5, 5.41) is 25.4. The van der Waals surface area contributed by atoms with E-state index in [-0.39, 0.29) is 25.2 Å². The second-order valence-electron chi connectivity index (χ2n) is 7.48. The molecular weight excluding hydrogens is 420 g/mol. The highest BCUT2D eigenvalue weighted by atomic mass is 16.4. The van der Waals surface area contributed by atoms with E-state index in [4.69, 9.17) is 5.11 Å². The molecule has 3 amide bonds. The number of rotatable bonds is 13. The van der Waals surface area contributed by atoms with Crippen molar-refractivity contribution in [2.24, 2.45) is 0 Å². The molecule has 0 fully saturated rings. The van der Waals surface area contributed by atoms with Gasteiger partial charge in [0, 0.05) is 24.9 Å². The molecule has 32 heavy (non-hydrogen) atoms. The topological polar surface area (TPSA) is 175 Å². The first-order valence-corrected chi connectivity index (χ1v) is 10.2. The molecule has 0 aliphatic carbocycles. The van der Waals surface area contributed by atoms with Crippen molar-refractivity contribution in [3.05, 3.63) is 29.1 Å². The Bertz CT molecular complexity index is 857. The molecule has 1 aromatic heterocycles. The lowest BCUT2D eigenvalue weighted by Crippen LogP contribution is -2.50. The summed E-state index contributed by atoms with van der Waals surface area (Å²) in [6.07, 6.45) is 2.11. The van der Waals surface area contributed by atoms with Gasteiger partial charge in [-0.05, 0) is 58.1 Å². The van der Waals surface area contributed by atoms with E-state index in [2.05, 4.69) is 20.9 Å². The molecule has 0 aromatic carbocycles. The first-order valence-electron chi connectivity index (χ1n) is 10.2. The number of amides is 3. The number of carbonyl (C=O) groups excluding carboxylic acids is 3. The van der Waals surface area contributed by atoms with Gasteiger partial charge in [0.25, 0.3) is 5.91 Å². The number of aliphatic carboxylic acids is 2. The maximum Gasteiger partial charge on any atom is 0.326 e. The van der Waals surface area contributed by atoms with Crippen molar-refractivity contribution < 1.29 is 34.2 Å². The molecule has 0 saturated heterocycles. The number of urea groups is 1. The molecule has 1 aromatic rings. The van der Waals surface area contributed by atoms with Crippen LogP contribution in [0.5, 0.6) is 0 Å². The fraction of sp³-hybridized carbons (Fsp3) is 0.524. The number of hydrogen-bond acceptors (Lipinski definition) is 6. The van der Waals surface area contributed by atoms with E-state index >= 15 is 0 Å². The van der Waals surface area contributed by atoms with E-state index in [1.54, 1.807) is 6.07 Å². The van der Waals surface area contributed by atoms with Crippen LogP contribution in [0.25, 0.3) is 0 Å². The highest BCUT2D eigenvalue weighted by molar-refractivity contribution is 5.94. The second-order valence-corrected chi connectivity index (χ2v) is 7.48. The summed E-state index contributed by atoms with van der Waals surface area (Å²) in [4.78, 5) is 62.0. The Kier molecular flexibility index (Phi) is 10.8. The molecule has 0 radical (unpaired) electrons. The van der Waals surface area contributed by atoms with Crippen LogP contribution in [0.3, 0.4) is 0 Å². The van der Waals surface area contributed by atoms with E-state index in [0.29, 0.717) is 24.9 Å². The fourth-order valence-corrected chi connectivity index (χ4v) is 2.81. The molecule has 0 aliphatic rings. The normalized spacial score (nSPS) is 12.3. The number of carboxylic acids is 2. The molecular formula is C21H30N4O7. The molecule has 1 rings (SSSR count). The van der Waals surface area contributed by atoms with Crippen LogP contribution in [0.4, 0.5) is 4.79 Å². The van der Waals surface area contributed by atoms with Crippen LogP contribution in [-0.2, 0) is 14.4 Å². The van der Waals surface area contributed by atoms with Crippen LogP contribution in [0.2, 0.25) is 0 Å². The van der Waals surface area contributed by atoms with Gasteiger partial charge in [-0.2, -0.15) is 0 Å². The third kappa shape index (κ3) is 9.54. The minimum absolute atomic E-state index is 0.0917. The summed E-state index contributed by atoms with van der Waals surface area (Å²) in [6.45, 7) is 5.25. The third-order valence-electron chi connectivity index (χ3n) is 4.85. The predicted octanol–water partition coefficient (Wildman–Crippen LogP) is 1.17. The van der Waals surface area contributed by atoms with Gasteiger partial charge in [-0.3, -0.25) is 19.4 Å². The predicted molar refractivity (Wildman–Crippen MR) is 114 cm³/mol. The molecule has 11 heteroatoms. The summed E-state index contributed by atoms with van der Waals surface area (Å²) in [5.74, 6) is -3.05. The van der Waals surface area contributed by atoms with E-state index in [1.165, 1.54) is 13.1 Å². The van der Waals surface area contributed by atoms with Gasteiger partial charge in [0.2, 0.25) is 0 Å². The van der Waals surface area contributed by atoms with Gasteiger partial charge in [0.1, 0.15) is 6.04 Å². The van der Waals surface area contributed by atoms with Crippen LogP contribution in [-0.4, -0.2) is 63.5 Å². The van der Waals surface area contributed by atoms with Crippen LogP contribution >= 0.6 is 0 Å². The Morgan fingerprint density at radius 3 is 2.22 bits per heavy atom. The van der Waals surface area contributed by atoms with Crippen LogP contribution in [0.1, 0.15) is 60.6 Å². The van der Waals surface area contributed by atoms with Crippen LogP contribution in [0, 0.1) is 13.8 Å². The van der Waals surface area contributed by atoms with Crippen molar-refractivity contribution in [1.82, 2.24) is 20.9 Å². The van der Waals surface area contributed by atoms with Gasteiger partial charge < -0.3 is 26.2 Å². The standard InChI is InChI=1S/C21H30N4O7/c1-12-10-15(11-23-13(12)2)19(29)22-9-5-4-6-17(20(30)31)25-21(32)24-16(14(3)26)7-8-18(27)28/h10-11,16-17H,4-9H2,1-3H3,(H,22,29)(H,27,28)(H,30,31)(H2,24,25,32)/t16-,17-/m0/s1. The van der Waals surface area contributed by atoms with E-state index in [9.17, 15) is 29.1 Å². The Balaban J connectivity index is 2.44. The minimum Gasteiger partial charge on any atom is -0.481 e. The smallest absolute Gasteiger partial charge is 0.326 e. The van der Waals surface area contributed by atoms with Crippen molar-refractivity contribution in [3.8, 4) is 0 Å². The number of Topliss-reactive ketones (excluding diaryl/α,β-unsaturated/α-hetero) is 1. The van der Waals surface area contributed by atoms with Crippen LogP contribution < -0.4 is 16.0 Å². The summed E-state index contributed by atoms with van der Waals surface area (Å²) >= 11 is 0. The Morgan fingerprint density at radius 2 is 1.66 bits per heavy atom. The van der Waals surface area contributed by atoms with Gasteiger partial charge in [-0.25, -0.2) is 9.59 Å². The van der Waals surface area contributed by atoms with Gasteiger partial charge >= 0.3 is 18.0 Å². The summed E-state index contributed by atoms with van der Waals surface area (Å²) in [5.41, 5.74) is 2.19. The number of aryl methyl sites for hydroxylation is 2. The molecule has 11 nitrogen and oxygen atoms in total. The molecule has 0 aliphatic heterocycles. The highest BCUT2D eigenvalue weighted by Crippen LogP contribution is 2.07. The van der Waals surface area contributed by atoms with E-state index < -0.39 is 35.8 Å². The van der Waals surface area contributed by atoms with E-state index in [1.807, 2.05) is 13.8 Å². The number of nitrogens with one attached hydrogen (secondary N) is 3. The quantitative estimate of drug-likeness (QED) is 0.278. The minimum atomic E-state index is -1.24. The number of pyridine rings is 1. The lowest BCUT2D eigenvalue weighted by molar-refractivity contribution is -0.139. The number of hydrogen-bond donors (Lipinski definition) is 5.